The van der Waals surface area contributed by atoms with Gasteiger partial charge in [-0.15, -0.1) is 0 Å². The number of unbranched alkanes of at least 4 members (excludes halogenated alkanes) is 2. The normalized spacial score (nSPS) is 25.2. The number of benzene rings is 2. The van der Waals surface area contributed by atoms with Crippen LogP contribution in [0.1, 0.15) is 69.4 Å². The van der Waals surface area contributed by atoms with Crippen molar-refractivity contribution in [2.24, 2.45) is 23.7 Å². The summed E-state index contributed by atoms with van der Waals surface area (Å²) < 4.78 is 5.92. The number of nitrogens with zero attached hydrogens (tertiary/aromatic N) is 1. The first kappa shape index (κ1) is 29.5. The number of fused-ring (bicyclic) bond motifs is 1. The lowest BCUT2D eigenvalue weighted by Crippen LogP contribution is -2.33. The molecular weight excluding hydrogens is 486 g/mol. The fourth-order valence-electron chi connectivity index (χ4n) is 6.58. The van der Waals surface area contributed by atoms with E-state index in [2.05, 4.69) is 37.3 Å². The van der Waals surface area contributed by atoms with E-state index in [0.717, 1.165) is 62.5 Å². The van der Waals surface area contributed by atoms with Crippen LogP contribution in [0.4, 0.5) is 0 Å². The first-order valence-electron chi connectivity index (χ1n) is 15.0. The van der Waals surface area contributed by atoms with Crippen LogP contribution in [-0.4, -0.2) is 46.4 Å². The number of amides is 1. The largest absolute Gasteiger partial charge is 0.392 e. The van der Waals surface area contributed by atoms with Crippen molar-refractivity contribution in [3.63, 3.8) is 0 Å². The Hall–Kier alpha value is -2.47. The number of aliphatic hydroxyl groups excluding tert-OH is 2. The lowest BCUT2D eigenvalue weighted by atomic mass is 9.89. The van der Waals surface area contributed by atoms with Gasteiger partial charge in [0.2, 0.25) is 5.91 Å². The first-order valence-corrected chi connectivity index (χ1v) is 15.0. The second-order valence-corrected chi connectivity index (χ2v) is 11.7. The van der Waals surface area contributed by atoms with E-state index < -0.39 is 6.10 Å². The smallest absolute Gasteiger partial charge is 0.249 e. The molecule has 0 radical (unpaired) electrons. The highest BCUT2D eigenvalue weighted by atomic mass is 16.5. The minimum Gasteiger partial charge on any atom is -0.392 e. The molecule has 0 spiro atoms. The fourth-order valence-corrected chi connectivity index (χ4v) is 6.58. The van der Waals surface area contributed by atoms with E-state index in [-0.39, 0.29) is 24.5 Å². The number of aliphatic hydroxyl groups is 2. The van der Waals surface area contributed by atoms with Crippen LogP contribution in [-0.2, 0) is 22.6 Å². The summed E-state index contributed by atoms with van der Waals surface area (Å²) in [4.78, 5) is 15.0. The van der Waals surface area contributed by atoms with E-state index in [4.69, 9.17) is 4.74 Å². The Morgan fingerprint density at radius 1 is 1.00 bits per heavy atom. The number of carbonyl (C=O) groups excluding carboxylic acids is 1. The third kappa shape index (κ3) is 9.02. The van der Waals surface area contributed by atoms with Crippen molar-refractivity contribution >= 4 is 5.91 Å². The van der Waals surface area contributed by atoms with Gasteiger partial charge >= 0.3 is 0 Å². The van der Waals surface area contributed by atoms with Crippen molar-refractivity contribution in [1.82, 2.24) is 4.90 Å². The molecule has 2 unspecified atom stereocenters. The molecule has 1 amide bonds. The summed E-state index contributed by atoms with van der Waals surface area (Å²) in [6.07, 6.45) is 11.5. The summed E-state index contributed by atoms with van der Waals surface area (Å²) in [6, 6.07) is 20.2. The van der Waals surface area contributed by atoms with Crippen LogP contribution in [0.15, 0.2) is 72.8 Å². The molecular formula is C34H47NO4. The lowest BCUT2D eigenvalue weighted by Gasteiger charge is -2.23. The molecule has 2 N–H and O–H groups in total. The maximum Gasteiger partial charge on any atom is 0.249 e. The summed E-state index contributed by atoms with van der Waals surface area (Å²) in [5, 5.41) is 20.9. The summed E-state index contributed by atoms with van der Waals surface area (Å²) in [6.45, 7) is 3.98. The standard InChI is InChI=1S/C34H47NO4/c1-2-3-6-15-30(36)16-17-31-32-21-28(20-29(32)22-33(31)37)18-19-39-25-34(38)35(23-26-11-7-4-8-12-26)24-27-13-9-5-10-14-27/h4-5,7-14,16-17,28-33,36-37H,2-3,6,15,18-25H2,1H3/t28?,29-,30?,31+,32+,33+/m0/s1. The Bertz CT molecular complexity index is 969. The molecule has 2 aliphatic carbocycles. The van der Waals surface area contributed by atoms with Gasteiger partial charge < -0.3 is 19.8 Å². The number of hydrogen-bond acceptors (Lipinski definition) is 4. The highest BCUT2D eigenvalue weighted by Crippen LogP contribution is 2.51. The second-order valence-electron chi connectivity index (χ2n) is 11.7. The molecule has 0 aromatic heterocycles. The quantitative estimate of drug-likeness (QED) is 0.213. The van der Waals surface area contributed by atoms with Crippen molar-refractivity contribution < 1.29 is 19.7 Å². The zero-order valence-corrected chi connectivity index (χ0v) is 23.5. The Morgan fingerprint density at radius 2 is 1.67 bits per heavy atom. The van der Waals surface area contributed by atoms with E-state index in [9.17, 15) is 15.0 Å². The first-order chi connectivity index (χ1) is 19.0. The van der Waals surface area contributed by atoms with Crippen LogP contribution in [0.3, 0.4) is 0 Å². The zero-order chi connectivity index (χ0) is 27.5. The van der Waals surface area contributed by atoms with Crippen molar-refractivity contribution in [2.75, 3.05) is 13.2 Å². The molecule has 4 rings (SSSR count). The minimum absolute atomic E-state index is 0.0109. The molecule has 2 saturated carbocycles. The summed E-state index contributed by atoms with van der Waals surface area (Å²) in [5.74, 6) is 1.76. The summed E-state index contributed by atoms with van der Waals surface area (Å²) in [5.41, 5.74) is 2.22. The van der Waals surface area contributed by atoms with E-state index in [1.54, 1.807) is 0 Å². The molecule has 0 saturated heterocycles. The molecule has 0 heterocycles. The number of hydrogen-bond donors (Lipinski definition) is 2. The van der Waals surface area contributed by atoms with Crippen LogP contribution >= 0.6 is 0 Å². The Labute approximate surface area is 234 Å². The van der Waals surface area contributed by atoms with Gasteiger partial charge in [0.25, 0.3) is 0 Å². The van der Waals surface area contributed by atoms with E-state index in [0.29, 0.717) is 37.5 Å². The van der Waals surface area contributed by atoms with Crippen molar-refractivity contribution in [3.8, 4) is 0 Å². The molecule has 2 aromatic carbocycles. The average molecular weight is 534 g/mol. The molecule has 6 atom stereocenters. The van der Waals surface area contributed by atoms with Gasteiger partial charge in [0.15, 0.2) is 0 Å². The van der Waals surface area contributed by atoms with Crippen molar-refractivity contribution in [3.05, 3.63) is 83.9 Å². The van der Waals surface area contributed by atoms with Gasteiger partial charge in [-0.1, -0.05) is 99.0 Å². The van der Waals surface area contributed by atoms with Gasteiger partial charge in [0.05, 0.1) is 12.2 Å². The topological polar surface area (TPSA) is 70.0 Å². The zero-order valence-electron chi connectivity index (χ0n) is 23.5. The third-order valence-electron chi connectivity index (χ3n) is 8.67. The fraction of sp³-hybridized carbons (Fsp3) is 0.559. The molecule has 39 heavy (non-hydrogen) atoms. The maximum atomic E-state index is 13.1. The maximum absolute atomic E-state index is 13.1. The molecule has 0 bridgehead atoms. The van der Waals surface area contributed by atoms with Gasteiger partial charge in [-0.3, -0.25) is 4.79 Å². The van der Waals surface area contributed by atoms with Gasteiger partial charge in [0, 0.05) is 25.6 Å². The summed E-state index contributed by atoms with van der Waals surface area (Å²) >= 11 is 0. The highest BCUT2D eigenvalue weighted by Gasteiger charge is 2.46. The Kier molecular flexibility index (Phi) is 11.6. The number of rotatable bonds is 15. The SMILES string of the molecule is CCCCCC(O)C=C[C@@H]1[C@@H]2CC(CCOCC(=O)N(Cc3ccccc3)Cc3ccccc3)C[C@H]2C[C@H]1O. The predicted molar refractivity (Wildman–Crippen MR) is 156 cm³/mol. The molecule has 5 heteroatoms. The average Bonchev–Trinajstić information content (AvgIpc) is 3.46. The highest BCUT2D eigenvalue weighted by molar-refractivity contribution is 5.77. The van der Waals surface area contributed by atoms with Crippen LogP contribution in [0, 0.1) is 23.7 Å². The third-order valence-corrected chi connectivity index (χ3v) is 8.67. The molecule has 2 aromatic rings. The van der Waals surface area contributed by atoms with Crippen LogP contribution in [0.25, 0.3) is 0 Å². The van der Waals surface area contributed by atoms with Gasteiger partial charge in [-0.2, -0.15) is 0 Å². The molecule has 2 fully saturated rings. The monoisotopic (exact) mass is 533 g/mol. The predicted octanol–water partition coefficient (Wildman–Crippen LogP) is 6.14. The van der Waals surface area contributed by atoms with Crippen molar-refractivity contribution in [1.29, 1.82) is 0 Å². The number of ether oxygens (including phenoxy) is 1. The lowest BCUT2D eigenvalue weighted by molar-refractivity contribution is -0.137. The van der Waals surface area contributed by atoms with Gasteiger partial charge in [0.1, 0.15) is 6.61 Å². The van der Waals surface area contributed by atoms with Crippen LogP contribution in [0.5, 0.6) is 0 Å². The van der Waals surface area contributed by atoms with Crippen LogP contribution in [0.2, 0.25) is 0 Å². The van der Waals surface area contributed by atoms with Crippen molar-refractivity contribution in [2.45, 2.75) is 83.6 Å². The second kappa shape index (κ2) is 15.4. The van der Waals surface area contributed by atoms with E-state index in [1.165, 1.54) is 0 Å². The molecule has 0 aliphatic heterocycles. The molecule has 2 aliphatic rings. The van der Waals surface area contributed by atoms with E-state index >= 15 is 0 Å². The summed E-state index contributed by atoms with van der Waals surface area (Å²) in [7, 11) is 0. The minimum atomic E-state index is -0.408. The van der Waals surface area contributed by atoms with Gasteiger partial charge in [-0.05, 0) is 61.0 Å². The Morgan fingerprint density at radius 3 is 2.31 bits per heavy atom. The van der Waals surface area contributed by atoms with Gasteiger partial charge in [-0.25, -0.2) is 0 Å². The number of carbonyl (C=O) groups is 1. The molecule has 212 valence electrons. The van der Waals surface area contributed by atoms with Crippen LogP contribution < -0.4 is 0 Å². The molecule has 5 nitrogen and oxygen atoms in total. The Balaban J connectivity index is 1.22. The van der Waals surface area contributed by atoms with E-state index in [1.807, 2.05) is 47.4 Å².